The maximum atomic E-state index is 12.2. The van der Waals surface area contributed by atoms with Gasteiger partial charge in [-0.25, -0.2) is 8.78 Å². The third kappa shape index (κ3) is 1.61. The molecule has 0 spiro atoms. The highest BCUT2D eigenvalue weighted by molar-refractivity contribution is 5.52. The third-order valence-corrected chi connectivity index (χ3v) is 1.77. The van der Waals surface area contributed by atoms with Crippen LogP contribution in [0.3, 0.4) is 0 Å². The van der Waals surface area contributed by atoms with Crippen molar-refractivity contribution in [1.82, 2.24) is 10.2 Å². The summed E-state index contributed by atoms with van der Waals surface area (Å²) in [7, 11) is 0. The molecule has 72 valence electrons. The Morgan fingerprint density at radius 2 is 1.86 bits per heavy atom. The van der Waals surface area contributed by atoms with Crippen LogP contribution in [0.15, 0.2) is 35.1 Å². The average Bonchev–Trinajstić information content (AvgIpc) is 2.71. The summed E-state index contributed by atoms with van der Waals surface area (Å²) >= 11 is 0. The molecule has 0 bridgehead atoms. The van der Waals surface area contributed by atoms with Crippen molar-refractivity contribution in [2.24, 2.45) is 0 Å². The SMILES string of the molecule is FC(F)c1ccc(-c2nnco2)cc1. The molecule has 5 heteroatoms. The third-order valence-electron chi connectivity index (χ3n) is 1.77. The van der Waals surface area contributed by atoms with E-state index in [1.165, 1.54) is 30.7 Å². The van der Waals surface area contributed by atoms with E-state index in [0.29, 0.717) is 11.5 Å². The van der Waals surface area contributed by atoms with E-state index in [4.69, 9.17) is 4.42 Å². The minimum Gasteiger partial charge on any atom is -0.423 e. The molecule has 0 aliphatic rings. The summed E-state index contributed by atoms with van der Waals surface area (Å²) in [6.45, 7) is 0. The van der Waals surface area contributed by atoms with Gasteiger partial charge in [0.1, 0.15) is 0 Å². The van der Waals surface area contributed by atoms with Gasteiger partial charge in [0.2, 0.25) is 12.3 Å². The zero-order valence-corrected chi connectivity index (χ0v) is 7.02. The van der Waals surface area contributed by atoms with E-state index in [2.05, 4.69) is 10.2 Å². The molecule has 14 heavy (non-hydrogen) atoms. The highest BCUT2D eigenvalue weighted by Crippen LogP contribution is 2.22. The zero-order chi connectivity index (χ0) is 9.97. The van der Waals surface area contributed by atoms with E-state index < -0.39 is 6.43 Å². The van der Waals surface area contributed by atoms with Crippen molar-refractivity contribution in [1.29, 1.82) is 0 Å². The summed E-state index contributed by atoms with van der Waals surface area (Å²) in [6, 6.07) is 5.72. The van der Waals surface area contributed by atoms with Crippen LogP contribution in [-0.4, -0.2) is 10.2 Å². The Hall–Kier alpha value is -1.78. The summed E-state index contributed by atoms with van der Waals surface area (Å²) in [5.74, 6) is 0.325. The number of hydrogen-bond donors (Lipinski definition) is 0. The van der Waals surface area contributed by atoms with Gasteiger partial charge < -0.3 is 4.42 Å². The van der Waals surface area contributed by atoms with Gasteiger partial charge >= 0.3 is 0 Å². The Balaban J connectivity index is 2.31. The van der Waals surface area contributed by atoms with E-state index in [1.54, 1.807) is 0 Å². The number of benzene rings is 1. The lowest BCUT2D eigenvalue weighted by atomic mass is 10.1. The molecular formula is C9H6F2N2O. The van der Waals surface area contributed by atoms with Gasteiger partial charge in [0.15, 0.2) is 0 Å². The lowest BCUT2D eigenvalue weighted by Gasteiger charge is -1.99. The molecule has 1 heterocycles. The fourth-order valence-electron chi connectivity index (χ4n) is 1.07. The maximum Gasteiger partial charge on any atom is 0.263 e. The first-order chi connectivity index (χ1) is 6.77. The van der Waals surface area contributed by atoms with Gasteiger partial charge in [-0.3, -0.25) is 0 Å². The van der Waals surface area contributed by atoms with Gasteiger partial charge in [0, 0.05) is 11.1 Å². The van der Waals surface area contributed by atoms with Crippen molar-refractivity contribution < 1.29 is 13.2 Å². The van der Waals surface area contributed by atoms with Gasteiger partial charge in [0.25, 0.3) is 6.43 Å². The van der Waals surface area contributed by atoms with Crippen molar-refractivity contribution >= 4 is 0 Å². The van der Waals surface area contributed by atoms with Crippen LogP contribution in [0.2, 0.25) is 0 Å². The summed E-state index contributed by atoms with van der Waals surface area (Å²) in [5.41, 5.74) is 0.611. The molecule has 0 N–H and O–H groups in total. The van der Waals surface area contributed by atoms with Gasteiger partial charge in [-0.15, -0.1) is 10.2 Å². The molecule has 1 aromatic carbocycles. The van der Waals surface area contributed by atoms with Gasteiger partial charge in [-0.05, 0) is 12.1 Å². The van der Waals surface area contributed by atoms with Crippen LogP contribution < -0.4 is 0 Å². The Labute approximate surface area is 78.4 Å². The fraction of sp³-hybridized carbons (Fsp3) is 0.111. The Kier molecular flexibility index (Phi) is 2.22. The normalized spacial score (nSPS) is 10.8. The second-order valence-electron chi connectivity index (χ2n) is 2.67. The smallest absolute Gasteiger partial charge is 0.263 e. The Morgan fingerprint density at radius 3 is 2.36 bits per heavy atom. The van der Waals surface area contributed by atoms with Gasteiger partial charge in [0.05, 0.1) is 0 Å². The van der Waals surface area contributed by atoms with Gasteiger partial charge in [-0.2, -0.15) is 0 Å². The summed E-state index contributed by atoms with van der Waals surface area (Å²) in [6.07, 6.45) is -1.26. The Morgan fingerprint density at radius 1 is 1.14 bits per heavy atom. The molecule has 0 radical (unpaired) electrons. The first kappa shape index (κ1) is 8.80. The minimum atomic E-state index is -2.45. The topological polar surface area (TPSA) is 38.9 Å². The van der Waals surface area contributed by atoms with Gasteiger partial charge in [-0.1, -0.05) is 12.1 Å². The number of nitrogens with zero attached hydrogens (tertiary/aromatic N) is 2. The molecule has 3 nitrogen and oxygen atoms in total. The standard InChI is InChI=1S/C9H6F2N2O/c10-8(11)6-1-3-7(4-2-6)9-13-12-5-14-9/h1-5,8H. The molecule has 0 saturated heterocycles. The van der Waals surface area contributed by atoms with E-state index >= 15 is 0 Å². The molecule has 0 aliphatic heterocycles. The molecule has 0 aliphatic carbocycles. The molecule has 0 unspecified atom stereocenters. The van der Waals surface area contributed by atoms with Crippen LogP contribution in [0.5, 0.6) is 0 Å². The van der Waals surface area contributed by atoms with E-state index in [0.717, 1.165) is 0 Å². The van der Waals surface area contributed by atoms with Crippen molar-refractivity contribution in [3.05, 3.63) is 36.2 Å². The van der Waals surface area contributed by atoms with Crippen molar-refractivity contribution in [3.63, 3.8) is 0 Å². The molecule has 0 amide bonds. The van der Waals surface area contributed by atoms with E-state index in [1.807, 2.05) is 0 Å². The monoisotopic (exact) mass is 196 g/mol. The zero-order valence-electron chi connectivity index (χ0n) is 7.02. The molecule has 1 aromatic heterocycles. The number of halogens is 2. The number of hydrogen-bond acceptors (Lipinski definition) is 3. The van der Waals surface area contributed by atoms with Crippen molar-refractivity contribution in [3.8, 4) is 11.5 Å². The summed E-state index contributed by atoms with van der Waals surface area (Å²) in [5, 5.41) is 7.15. The molecule has 2 aromatic rings. The van der Waals surface area contributed by atoms with Crippen LogP contribution in [0.1, 0.15) is 12.0 Å². The highest BCUT2D eigenvalue weighted by Gasteiger charge is 2.08. The van der Waals surface area contributed by atoms with Crippen LogP contribution in [-0.2, 0) is 0 Å². The highest BCUT2D eigenvalue weighted by atomic mass is 19.3. The first-order valence-corrected chi connectivity index (χ1v) is 3.92. The number of rotatable bonds is 2. The molecule has 0 saturated carbocycles. The van der Waals surface area contributed by atoms with Crippen molar-refractivity contribution in [2.75, 3.05) is 0 Å². The minimum absolute atomic E-state index is 0.0201. The molecule has 0 atom stereocenters. The van der Waals surface area contributed by atoms with Crippen molar-refractivity contribution in [2.45, 2.75) is 6.43 Å². The quantitative estimate of drug-likeness (QED) is 0.741. The van der Waals surface area contributed by atoms with Crippen LogP contribution in [0.4, 0.5) is 8.78 Å². The molecule has 2 rings (SSSR count). The average molecular weight is 196 g/mol. The first-order valence-electron chi connectivity index (χ1n) is 3.92. The van der Waals surface area contributed by atoms with Crippen LogP contribution in [0, 0.1) is 0 Å². The predicted octanol–water partition coefficient (Wildman–Crippen LogP) is 2.67. The van der Waals surface area contributed by atoms with Crippen LogP contribution >= 0.6 is 0 Å². The molecule has 0 fully saturated rings. The van der Waals surface area contributed by atoms with E-state index in [9.17, 15) is 8.78 Å². The second-order valence-corrected chi connectivity index (χ2v) is 2.67. The second kappa shape index (κ2) is 3.53. The largest absolute Gasteiger partial charge is 0.423 e. The Bertz CT molecular complexity index is 397. The van der Waals surface area contributed by atoms with Crippen LogP contribution in [0.25, 0.3) is 11.5 Å². The summed E-state index contributed by atoms with van der Waals surface area (Å²) < 4.78 is 29.3. The number of aromatic nitrogens is 2. The lowest BCUT2D eigenvalue weighted by molar-refractivity contribution is 0.151. The predicted molar refractivity (Wildman–Crippen MR) is 44.7 cm³/mol. The lowest BCUT2D eigenvalue weighted by Crippen LogP contribution is -1.84. The maximum absolute atomic E-state index is 12.2. The molecular weight excluding hydrogens is 190 g/mol. The fourth-order valence-corrected chi connectivity index (χ4v) is 1.07. The number of alkyl halides is 2. The van der Waals surface area contributed by atoms with E-state index in [-0.39, 0.29) is 5.56 Å². The summed E-state index contributed by atoms with van der Waals surface area (Å²) in [4.78, 5) is 0.